The first-order valence-corrected chi connectivity index (χ1v) is 15.4. The van der Waals surface area contributed by atoms with E-state index in [0.717, 1.165) is 0 Å². The van der Waals surface area contributed by atoms with Gasteiger partial charge in [0.05, 0.1) is 38.4 Å². The van der Waals surface area contributed by atoms with Gasteiger partial charge in [-0.1, -0.05) is 151 Å². The van der Waals surface area contributed by atoms with Crippen LogP contribution in [-0.4, -0.2) is 0 Å². The van der Waals surface area contributed by atoms with Crippen LogP contribution < -0.4 is 0 Å². The normalized spacial score (nSPS) is 19.4. The van der Waals surface area contributed by atoms with E-state index in [1.807, 2.05) is 0 Å². The summed E-state index contributed by atoms with van der Waals surface area (Å²) in [6, 6.07) is -25.2. The molecule has 240 valence electrons. The predicted octanol–water partition coefficient (Wildman–Crippen LogP) is 14.3. The third-order valence-electron chi connectivity index (χ3n) is 8.65. The maximum Gasteiger partial charge on any atom is 0.138 e. The summed E-state index contributed by atoms with van der Waals surface area (Å²) in [4.78, 5) is 0. The standard InChI is InChI=1S/C50H34O/c1-31-28-37(30-45-46-29-36-16-6-7-17-38(36)32(2)50(46)51-49(31)45)47-41-20-10-12-22-43(41)48(44-23-13-11-21-42(44)47)40-19-9-8-18-39(40)35-26-24-34(25-27-35)33-14-4-3-5-15-33/h3-30H,1-2H3/i3D,4D,5D,6D,7D,8D,9D,10D,11D,12D,13D,14D,15D,16D,17D,18D,19D,20D,21D,22D,23D,24D,25D,26D,27D,28D,29D,30D. The van der Waals surface area contributed by atoms with Crippen LogP contribution in [0.4, 0.5) is 0 Å². The Morgan fingerprint density at radius 1 is 0.373 bits per heavy atom. The van der Waals surface area contributed by atoms with Crippen molar-refractivity contribution in [3.63, 3.8) is 0 Å². The Labute approximate surface area is 336 Å². The Morgan fingerprint density at radius 3 is 1.57 bits per heavy atom. The minimum atomic E-state index is -1.11. The van der Waals surface area contributed by atoms with E-state index in [2.05, 4.69) is 0 Å². The molecule has 0 aliphatic carbocycles. The number of fused-ring (bicyclic) bond motifs is 6. The van der Waals surface area contributed by atoms with Crippen LogP contribution in [0.2, 0.25) is 0 Å². The predicted molar refractivity (Wildman–Crippen MR) is 217 cm³/mol. The lowest BCUT2D eigenvalue weighted by Crippen LogP contribution is -1.93. The van der Waals surface area contributed by atoms with Crippen molar-refractivity contribution in [1.29, 1.82) is 0 Å². The van der Waals surface area contributed by atoms with E-state index < -0.39 is 235 Å². The molecule has 1 heteroatoms. The second kappa shape index (κ2) is 11.6. The molecule has 0 radical (unpaired) electrons. The Morgan fingerprint density at radius 2 is 0.882 bits per heavy atom. The molecule has 1 heterocycles. The van der Waals surface area contributed by atoms with Crippen LogP contribution in [0.5, 0.6) is 0 Å². The Kier molecular flexibility index (Phi) is 2.89. The van der Waals surface area contributed by atoms with Gasteiger partial charge in [-0.25, -0.2) is 0 Å². The molecular weight excluding hydrogens is 617 g/mol. The van der Waals surface area contributed by atoms with Gasteiger partial charge in [-0.3, -0.25) is 0 Å². The van der Waals surface area contributed by atoms with Gasteiger partial charge in [0, 0.05) is 16.3 Å². The molecule has 1 nitrogen and oxygen atoms in total. The zero-order chi connectivity index (χ0) is 58.4. The third-order valence-corrected chi connectivity index (χ3v) is 8.65. The summed E-state index contributed by atoms with van der Waals surface area (Å²) in [6.07, 6.45) is 0. The van der Waals surface area contributed by atoms with Crippen molar-refractivity contribution in [3.8, 4) is 44.5 Å². The van der Waals surface area contributed by atoms with Crippen LogP contribution in [0.3, 0.4) is 0 Å². The summed E-state index contributed by atoms with van der Waals surface area (Å²) in [5.74, 6) is 0. The molecule has 9 aromatic carbocycles. The van der Waals surface area contributed by atoms with Gasteiger partial charge < -0.3 is 4.42 Å². The molecule has 10 aromatic rings. The van der Waals surface area contributed by atoms with E-state index in [1.165, 1.54) is 13.8 Å². The molecule has 0 unspecified atom stereocenters. The first-order chi connectivity index (χ1) is 36.8. The highest BCUT2D eigenvalue weighted by Gasteiger charge is 2.21. The molecule has 0 amide bonds. The van der Waals surface area contributed by atoms with E-state index in [1.54, 1.807) is 0 Å². The van der Waals surface area contributed by atoms with Gasteiger partial charge in [0.25, 0.3) is 0 Å². The van der Waals surface area contributed by atoms with Crippen molar-refractivity contribution >= 4 is 54.3 Å². The van der Waals surface area contributed by atoms with E-state index >= 15 is 0 Å². The summed E-state index contributed by atoms with van der Waals surface area (Å²) < 4.78 is 260. The second-order valence-corrected chi connectivity index (χ2v) is 11.5. The quantitative estimate of drug-likeness (QED) is 0.169. The van der Waals surface area contributed by atoms with Crippen molar-refractivity contribution < 1.29 is 42.8 Å². The molecule has 0 aliphatic rings. The Bertz CT molecular complexity index is 4460. The molecule has 0 saturated heterocycles. The average Bonchev–Trinajstić information content (AvgIpc) is 3.92. The average molecular weight is 679 g/mol. The number of aryl methyl sites for hydroxylation is 2. The summed E-state index contributed by atoms with van der Waals surface area (Å²) in [5, 5.41) is -3.64. The summed E-state index contributed by atoms with van der Waals surface area (Å²) in [6.45, 7) is 2.83. The van der Waals surface area contributed by atoms with Crippen LogP contribution in [0.1, 0.15) is 49.5 Å². The van der Waals surface area contributed by atoms with E-state index in [4.69, 9.17) is 25.0 Å². The molecule has 0 aliphatic heterocycles. The van der Waals surface area contributed by atoms with Crippen LogP contribution in [0, 0.1) is 13.8 Å². The van der Waals surface area contributed by atoms with Gasteiger partial charge in [0.15, 0.2) is 0 Å². The number of hydrogen-bond acceptors (Lipinski definition) is 1. The maximum absolute atomic E-state index is 10.0. The van der Waals surface area contributed by atoms with Crippen LogP contribution in [0.15, 0.2) is 174 Å². The first kappa shape index (κ1) is 12.7. The molecule has 0 spiro atoms. The molecule has 10 rings (SSSR count). The van der Waals surface area contributed by atoms with Gasteiger partial charge in [0.1, 0.15) is 11.2 Å². The Hall–Kier alpha value is -6.44. The number of benzene rings is 9. The molecule has 0 fully saturated rings. The van der Waals surface area contributed by atoms with Crippen molar-refractivity contribution in [2.45, 2.75) is 13.8 Å². The molecule has 0 saturated carbocycles. The summed E-state index contributed by atoms with van der Waals surface area (Å²) in [7, 11) is 0. The molecule has 51 heavy (non-hydrogen) atoms. The van der Waals surface area contributed by atoms with Gasteiger partial charge in [-0.05, 0) is 114 Å². The van der Waals surface area contributed by atoms with E-state index in [-0.39, 0.29) is 43.8 Å². The zero-order valence-corrected chi connectivity index (χ0v) is 26.4. The molecule has 0 N–H and O–H groups in total. The van der Waals surface area contributed by atoms with E-state index in [0.29, 0.717) is 0 Å². The largest absolute Gasteiger partial charge is 0.455 e. The maximum atomic E-state index is 10.0. The molecule has 0 bridgehead atoms. The van der Waals surface area contributed by atoms with Crippen LogP contribution >= 0.6 is 0 Å². The minimum absolute atomic E-state index is 0.0751. The monoisotopic (exact) mass is 678 g/mol. The van der Waals surface area contributed by atoms with Crippen molar-refractivity contribution in [1.82, 2.24) is 0 Å². The zero-order valence-electron chi connectivity index (χ0n) is 54.4. The van der Waals surface area contributed by atoms with Gasteiger partial charge >= 0.3 is 0 Å². The van der Waals surface area contributed by atoms with Crippen molar-refractivity contribution in [3.05, 3.63) is 180 Å². The smallest absolute Gasteiger partial charge is 0.138 e. The first-order valence-electron chi connectivity index (χ1n) is 29.4. The number of hydrogen-bond donors (Lipinski definition) is 0. The molecule has 0 atom stereocenters. The summed E-state index contributed by atoms with van der Waals surface area (Å²) in [5.41, 5.74) is -6.52. The lowest BCUT2D eigenvalue weighted by atomic mass is 9.83. The fourth-order valence-corrected chi connectivity index (χ4v) is 6.40. The van der Waals surface area contributed by atoms with Gasteiger partial charge in [0.2, 0.25) is 0 Å². The molecule has 1 aromatic heterocycles. The summed E-state index contributed by atoms with van der Waals surface area (Å²) >= 11 is 0. The van der Waals surface area contributed by atoms with E-state index in [9.17, 15) is 17.8 Å². The highest BCUT2D eigenvalue weighted by atomic mass is 16.3. The lowest BCUT2D eigenvalue weighted by Gasteiger charge is -2.20. The van der Waals surface area contributed by atoms with Crippen LogP contribution in [-0.2, 0) is 0 Å². The minimum Gasteiger partial charge on any atom is -0.455 e. The lowest BCUT2D eigenvalue weighted by molar-refractivity contribution is 0.663. The second-order valence-electron chi connectivity index (χ2n) is 11.5. The number of rotatable bonds is 4. The van der Waals surface area contributed by atoms with Gasteiger partial charge in [-0.2, -0.15) is 0 Å². The highest BCUT2D eigenvalue weighted by molar-refractivity contribution is 6.23. The number of furan rings is 1. The van der Waals surface area contributed by atoms with Gasteiger partial charge in [-0.15, -0.1) is 0 Å². The van der Waals surface area contributed by atoms with Crippen molar-refractivity contribution in [2.24, 2.45) is 0 Å². The fraction of sp³-hybridized carbons (Fsp3) is 0.0400. The van der Waals surface area contributed by atoms with Crippen LogP contribution in [0.25, 0.3) is 98.8 Å². The SMILES string of the molecule is [2H]c1c([2H])c([2H])c(-c2c([2H])c([2H])c(-c3c([2H])c([2H])c([2H])c([2H])c3-c3c4c([2H])c([2H])c([2H])c([2H])c4c(-c4c([2H])c(C)c5oc6c(C)c7c([2H])c([2H])c([2H])c([2H])c7c([2H])c6c5c4[2H])c4c([2H])c([2H])c([2H])c([2H])c34)c([2H])c2[2H])c([2H])c1[2H]. The Balaban J connectivity index is 1.48. The molecular formula is C50H34O. The fourth-order valence-electron chi connectivity index (χ4n) is 6.40. The topological polar surface area (TPSA) is 13.1 Å². The highest BCUT2D eigenvalue weighted by Crippen LogP contribution is 2.47. The third kappa shape index (κ3) is 4.62. The van der Waals surface area contributed by atoms with Crippen molar-refractivity contribution in [2.75, 3.05) is 0 Å².